The summed E-state index contributed by atoms with van der Waals surface area (Å²) < 4.78 is 0. The van der Waals surface area contributed by atoms with Crippen molar-refractivity contribution < 1.29 is 19.5 Å². The number of amides is 2. The van der Waals surface area contributed by atoms with Gasteiger partial charge in [0.1, 0.15) is 5.41 Å². The van der Waals surface area contributed by atoms with E-state index in [0.717, 1.165) is 19.3 Å². The van der Waals surface area contributed by atoms with Crippen molar-refractivity contribution in [2.75, 3.05) is 26.2 Å². The molecule has 0 aromatic heterocycles. The molecule has 0 saturated carbocycles. The molecule has 1 aromatic rings. The minimum atomic E-state index is -1.22. The Hall–Kier alpha value is -2.63. The van der Waals surface area contributed by atoms with Gasteiger partial charge in [0.15, 0.2) is 0 Å². The standard InChI is InChI=1S/C20H22N2O4/c1-2-8-21-11-20(19(25)26)12-22(10-16(20)18(21)24)17(23)15-7-6-13-4-3-5-14(13)9-15/h2,6-7,9,16H,1,3-5,8,10-12H2,(H,25,26)/t16-,20+/m1/s1. The highest BCUT2D eigenvalue weighted by atomic mass is 16.4. The Morgan fingerprint density at radius 3 is 2.73 bits per heavy atom. The molecule has 2 saturated heterocycles. The third-order valence-electron chi connectivity index (χ3n) is 6.03. The molecule has 2 amide bonds. The summed E-state index contributed by atoms with van der Waals surface area (Å²) in [5, 5.41) is 9.83. The fourth-order valence-electron chi connectivity index (χ4n) is 4.66. The summed E-state index contributed by atoms with van der Waals surface area (Å²) in [6.07, 6.45) is 4.73. The van der Waals surface area contributed by atoms with Crippen LogP contribution in [0.1, 0.15) is 27.9 Å². The number of aliphatic carboxylic acids is 1. The van der Waals surface area contributed by atoms with Crippen LogP contribution in [0.25, 0.3) is 0 Å². The second kappa shape index (κ2) is 5.97. The average Bonchev–Trinajstić information content (AvgIpc) is 3.29. The number of carboxylic acids is 1. The summed E-state index contributed by atoms with van der Waals surface area (Å²) in [4.78, 5) is 40.7. The van der Waals surface area contributed by atoms with Crippen molar-refractivity contribution in [2.45, 2.75) is 19.3 Å². The first-order valence-corrected chi connectivity index (χ1v) is 9.00. The minimum Gasteiger partial charge on any atom is -0.481 e. The van der Waals surface area contributed by atoms with Crippen LogP contribution in [0.15, 0.2) is 30.9 Å². The van der Waals surface area contributed by atoms with Crippen molar-refractivity contribution in [2.24, 2.45) is 11.3 Å². The first kappa shape index (κ1) is 16.8. The average molecular weight is 354 g/mol. The van der Waals surface area contributed by atoms with E-state index in [0.29, 0.717) is 12.1 Å². The number of hydrogen-bond acceptors (Lipinski definition) is 3. The summed E-state index contributed by atoms with van der Waals surface area (Å²) in [7, 11) is 0. The van der Waals surface area contributed by atoms with Gasteiger partial charge in [-0.3, -0.25) is 14.4 Å². The highest BCUT2D eigenvalue weighted by Crippen LogP contribution is 2.44. The van der Waals surface area contributed by atoms with Gasteiger partial charge in [-0.05, 0) is 42.5 Å². The Balaban J connectivity index is 1.59. The second-order valence-electron chi connectivity index (χ2n) is 7.54. The highest BCUT2D eigenvalue weighted by molar-refractivity contribution is 5.98. The van der Waals surface area contributed by atoms with Gasteiger partial charge in [0.25, 0.3) is 5.91 Å². The van der Waals surface area contributed by atoms with Crippen molar-refractivity contribution in [3.63, 3.8) is 0 Å². The zero-order valence-corrected chi connectivity index (χ0v) is 14.6. The number of hydrogen-bond donors (Lipinski definition) is 1. The van der Waals surface area contributed by atoms with E-state index in [1.165, 1.54) is 16.0 Å². The predicted molar refractivity (Wildman–Crippen MR) is 94.7 cm³/mol. The lowest BCUT2D eigenvalue weighted by Crippen LogP contribution is -2.42. The van der Waals surface area contributed by atoms with Crippen molar-refractivity contribution in [3.05, 3.63) is 47.5 Å². The van der Waals surface area contributed by atoms with Crippen molar-refractivity contribution in [3.8, 4) is 0 Å². The second-order valence-corrected chi connectivity index (χ2v) is 7.54. The summed E-state index contributed by atoms with van der Waals surface area (Å²) in [5.41, 5.74) is 1.86. The molecular formula is C20H22N2O4. The molecule has 0 radical (unpaired) electrons. The van der Waals surface area contributed by atoms with Crippen LogP contribution in [0.3, 0.4) is 0 Å². The van der Waals surface area contributed by atoms with Gasteiger partial charge in [-0.25, -0.2) is 0 Å². The Morgan fingerprint density at radius 1 is 1.27 bits per heavy atom. The quantitative estimate of drug-likeness (QED) is 0.828. The van der Waals surface area contributed by atoms with E-state index in [4.69, 9.17) is 0 Å². The largest absolute Gasteiger partial charge is 0.481 e. The molecule has 26 heavy (non-hydrogen) atoms. The van der Waals surface area contributed by atoms with Crippen LogP contribution in [0.5, 0.6) is 0 Å². The van der Waals surface area contributed by atoms with E-state index < -0.39 is 17.3 Å². The number of fused-ring (bicyclic) bond motifs is 2. The lowest BCUT2D eigenvalue weighted by Gasteiger charge is -2.25. The molecule has 2 atom stereocenters. The molecule has 6 nitrogen and oxygen atoms in total. The molecule has 0 unspecified atom stereocenters. The van der Waals surface area contributed by atoms with Crippen LogP contribution in [-0.2, 0) is 22.4 Å². The van der Waals surface area contributed by atoms with E-state index in [9.17, 15) is 19.5 Å². The molecule has 1 aliphatic carbocycles. The number of carboxylic acid groups (broad SMARTS) is 1. The van der Waals surface area contributed by atoms with E-state index in [1.54, 1.807) is 11.0 Å². The first-order chi connectivity index (χ1) is 12.5. The van der Waals surface area contributed by atoms with Crippen LogP contribution < -0.4 is 0 Å². The molecule has 2 aliphatic heterocycles. The molecule has 6 heteroatoms. The number of aryl methyl sites for hydroxylation is 2. The summed E-state index contributed by atoms with van der Waals surface area (Å²) in [6.45, 7) is 4.33. The number of carbonyl (C=O) groups excluding carboxylic acids is 2. The molecule has 3 aliphatic rings. The summed E-state index contributed by atoms with van der Waals surface area (Å²) in [6, 6.07) is 5.74. The number of nitrogens with zero attached hydrogens (tertiary/aromatic N) is 2. The molecule has 0 bridgehead atoms. The third-order valence-corrected chi connectivity index (χ3v) is 6.03. The predicted octanol–water partition coefficient (Wildman–Crippen LogP) is 1.35. The molecule has 4 rings (SSSR count). The number of carbonyl (C=O) groups is 3. The van der Waals surface area contributed by atoms with Gasteiger partial charge in [-0.15, -0.1) is 6.58 Å². The van der Waals surface area contributed by atoms with Crippen LogP contribution in [0.2, 0.25) is 0 Å². The monoisotopic (exact) mass is 354 g/mol. The maximum atomic E-state index is 12.9. The van der Waals surface area contributed by atoms with Crippen molar-refractivity contribution in [1.82, 2.24) is 9.80 Å². The Labute approximate surface area is 152 Å². The van der Waals surface area contributed by atoms with Gasteiger partial charge in [-0.2, -0.15) is 0 Å². The molecule has 2 fully saturated rings. The van der Waals surface area contributed by atoms with Gasteiger partial charge < -0.3 is 14.9 Å². The topological polar surface area (TPSA) is 77.9 Å². The van der Waals surface area contributed by atoms with Gasteiger partial charge in [0.05, 0.1) is 5.92 Å². The van der Waals surface area contributed by atoms with Crippen molar-refractivity contribution in [1.29, 1.82) is 0 Å². The maximum Gasteiger partial charge on any atom is 0.314 e. The van der Waals surface area contributed by atoms with Crippen LogP contribution in [0, 0.1) is 11.3 Å². The van der Waals surface area contributed by atoms with E-state index >= 15 is 0 Å². The van der Waals surface area contributed by atoms with Crippen LogP contribution in [-0.4, -0.2) is 58.9 Å². The summed E-state index contributed by atoms with van der Waals surface area (Å²) in [5.74, 6) is -2.07. The van der Waals surface area contributed by atoms with Crippen LogP contribution >= 0.6 is 0 Å². The van der Waals surface area contributed by atoms with Gasteiger partial charge in [-0.1, -0.05) is 12.1 Å². The van der Waals surface area contributed by atoms with E-state index in [1.807, 2.05) is 18.2 Å². The van der Waals surface area contributed by atoms with Gasteiger partial charge in [0.2, 0.25) is 5.91 Å². The number of benzene rings is 1. The Kier molecular flexibility index (Phi) is 3.86. The third kappa shape index (κ3) is 2.35. The first-order valence-electron chi connectivity index (χ1n) is 9.00. The zero-order valence-electron chi connectivity index (χ0n) is 14.6. The maximum absolute atomic E-state index is 12.9. The fourth-order valence-corrected chi connectivity index (χ4v) is 4.66. The Bertz CT molecular complexity index is 818. The van der Waals surface area contributed by atoms with Crippen LogP contribution in [0.4, 0.5) is 0 Å². The zero-order chi connectivity index (χ0) is 18.5. The number of rotatable bonds is 4. The van der Waals surface area contributed by atoms with Gasteiger partial charge >= 0.3 is 5.97 Å². The molecule has 0 spiro atoms. The number of likely N-dealkylation sites (tertiary alicyclic amines) is 2. The lowest BCUT2D eigenvalue weighted by molar-refractivity contribution is -0.149. The van der Waals surface area contributed by atoms with Crippen molar-refractivity contribution >= 4 is 17.8 Å². The lowest BCUT2D eigenvalue weighted by atomic mass is 9.81. The SMILES string of the molecule is C=CCN1C[C@]2(C(=O)O)CN(C(=O)c3ccc4c(c3)CCC4)C[C@@H]2C1=O. The van der Waals surface area contributed by atoms with Gasteiger partial charge in [0, 0.05) is 31.7 Å². The molecule has 136 valence electrons. The molecule has 2 heterocycles. The van der Waals surface area contributed by atoms with E-state index in [-0.39, 0.29) is 31.4 Å². The fraction of sp³-hybridized carbons (Fsp3) is 0.450. The molecule has 1 N–H and O–H groups in total. The molecule has 1 aromatic carbocycles. The minimum absolute atomic E-state index is 0.0717. The van der Waals surface area contributed by atoms with E-state index in [2.05, 4.69) is 6.58 Å². The smallest absolute Gasteiger partial charge is 0.314 e. The molecular weight excluding hydrogens is 332 g/mol. The normalized spacial score (nSPS) is 26.8. The summed E-state index contributed by atoms with van der Waals surface area (Å²) >= 11 is 0. The Morgan fingerprint density at radius 2 is 2.04 bits per heavy atom. The highest BCUT2D eigenvalue weighted by Gasteiger charge is 2.62.